The number of aryl methyl sites for hydroxylation is 1. The highest BCUT2D eigenvalue weighted by Crippen LogP contribution is 2.37. The zero-order valence-corrected chi connectivity index (χ0v) is 15.1. The Morgan fingerprint density at radius 1 is 1.36 bits per heavy atom. The summed E-state index contributed by atoms with van der Waals surface area (Å²) in [5.74, 6) is -0.464. The molecule has 2 aromatic heterocycles. The van der Waals surface area contributed by atoms with Crippen LogP contribution in [0.5, 0.6) is 0 Å². The molecule has 0 radical (unpaired) electrons. The Hall–Kier alpha value is -2.11. The number of aromatic nitrogens is 2. The summed E-state index contributed by atoms with van der Waals surface area (Å²) >= 11 is 5.99. The second kappa shape index (κ2) is 5.71. The first-order chi connectivity index (χ1) is 11.8. The summed E-state index contributed by atoms with van der Waals surface area (Å²) in [5.41, 5.74) is 5.53. The van der Waals surface area contributed by atoms with Gasteiger partial charge in [-0.1, -0.05) is 11.6 Å². The van der Waals surface area contributed by atoms with Crippen LogP contribution in [0.15, 0.2) is 24.5 Å². The molecule has 0 amide bonds. The van der Waals surface area contributed by atoms with Crippen LogP contribution in [0.2, 0.25) is 5.02 Å². The van der Waals surface area contributed by atoms with Crippen molar-refractivity contribution in [3.8, 4) is 0 Å². The molecule has 1 aromatic carbocycles. The molecule has 0 aliphatic carbocycles. The molecule has 130 valence electrons. The molecule has 0 saturated heterocycles. The molecule has 0 spiro atoms. The quantitative estimate of drug-likeness (QED) is 0.656. The van der Waals surface area contributed by atoms with Crippen LogP contribution in [0.3, 0.4) is 0 Å². The molecule has 0 atom stereocenters. The highest BCUT2D eigenvalue weighted by Gasteiger charge is 2.29. The number of nitrogens with zero attached hydrogens (tertiary/aromatic N) is 1. The zero-order chi connectivity index (χ0) is 17.8. The molecule has 4 nitrogen and oxygen atoms in total. The summed E-state index contributed by atoms with van der Waals surface area (Å²) in [6.45, 7) is 6.71. The van der Waals surface area contributed by atoms with Crippen LogP contribution in [0, 0.1) is 12.7 Å². The first kappa shape index (κ1) is 16.4. The summed E-state index contributed by atoms with van der Waals surface area (Å²) in [7, 11) is 0. The second-order valence-electron chi connectivity index (χ2n) is 7.11. The van der Waals surface area contributed by atoms with Crippen molar-refractivity contribution < 1.29 is 9.13 Å². The van der Waals surface area contributed by atoms with Crippen LogP contribution in [-0.2, 0) is 17.8 Å². The normalized spacial score (nSPS) is 16.0. The van der Waals surface area contributed by atoms with Crippen molar-refractivity contribution in [3.05, 3.63) is 52.2 Å². The Morgan fingerprint density at radius 3 is 2.96 bits per heavy atom. The van der Waals surface area contributed by atoms with E-state index in [9.17, 15) is 4.39 Å². The van der Waals surface area contributed by atoms with Gasteiger partial charge in [0.25, 0.3) is 0 Å². The van der Waals surface area contributed by atoms with E-state index in [1.807, 2.05) is 13.1 Å². The maximum atomic E-state index is 13.8. The predicted molar refractivity (Wildman–Crippen MR) is 98.1 cm³/mol. The van der Waals surface area contributed by atoms with Gasteiger partial charge in [0.1, 0.15) is 5.82 Å². The molecule has 2 N–H and O–H groups in total. The molecule has 25 heavy (non-hydrogen) atoms. The Labute approximate surface area is 150 Å². The van der Waals surface area contributed by atoms with Gasteiger partial charge in [-0.15, -0.1) is 0 Å². The van der Waals surface area contributed by atoms with E-state index in [0.29, 0.717) is 12.1 Å². The molecule has 0 fully saturated rings. The van der Waals surface area contributed by atoms with Crippen LogP contribution < -0.4 is 5.32 Å². The van der Waals surface area contributed by atoms with E-state index < -0.39 is 5.82 Å². The van der Waals surface area contributed by atoms with E-state index in [1.165, 1.54) is 11.6 Å². The van der Waals surface area contributed by atoms with Gasteiger partial charge in [-0.05, 0) is 32.4 Å². The Bertz CT molecular complexity index is 980. The van der Waals surface area contributed by atoms with Crippen LogP contribution >= 0.6 is 11.6 Å². The first-order valence-electron chi connectivity index (χ1n) is 8.18. The Balaban J connectivity index is 1.81. The number of halogens is 2. The fourth-order valence-electron chi connectivity index (χ4n) is 3.27. The lowest BCUT2D eigenvalue weighted by atomic mass is 9.94. The van der Waals surface area contributed by atoms with E-state index in [-0.39, 0.29) is 10.6 Å². The minimum absolute atomic E-state index is 0.0913. The van der Waals surface area contributed by atoms with Gasteiger partial charge < -0.3 is 15.0 Å². The van der Waals surface area contributed by atoms with E-state index >= 15 is 0 Å². The minimum atomic E-state index is -0.464. The molecular weight excluding hydrogens is 341 g/mol. The number of nitrogens with one attached hydrogen (secondary N) is 2. The predicted octanol–water partition coefficient (Wildman–Crippen LogP) is 5.26. The number of fused-ring (bicyclic) bond motifs is 2. The van der Waals surface area contributed by atoms with Gasteiger partial charge in [0.15, 0.2) is 0 Å². The Kier molecular flexibility index (Phi) is 3.74. The highest BCUT2D eigenvalue weighted by atomic mass is 35.5. The van der Waals surface area contributed by atoms with Crippen LogP contribution in [0.25, 0.3) is 10.9 Å². The van der Waals surface area contributed by atoms with Crippen LogP contribution in [0.1, 0.15) is 30.7 Å². The van der Waals surface area contributed by atoms with Gasteiger partial charge >= 0.3 is 0 Å². The molecule has 3 heterocycles. The molecule has 1 aliphatic heterocycles. The molecule has 3 aromatic rings. The number of anilines is 2. The highest BCUT2D eigenvalue weighted by molar-refractivity contribution is 6.31. The number of hydrogen-bond acceptors (Lipinski definition) is 3. The van der Waals surface area contributed by atoms with Crippen molar-refractivity contribution >= 4 is 33.9 Å². The van der Waals surface area contributed by atoms with Gasteiger partial charge in [0.05, 0.1) is 34.1 Å². The summed E-state index contributed by atoms with van der Waals surface area (Å²) in [6, 6.07) is 2.99. The van der Waals surface area contributed by atoms with E-state index in [4.69, 9.17) is 16.3 Å². The summed E-state index contributed by atoms with van der Waals surface area (Å²) in [4.78, 5) is 7.60. The van der Waals surface area contributed by atoms with E-state index in [0.717, 1.165) is 34.4 Å². The molecule has 6 heteroatoms. The van der Waals surface area contributed by atoms with Crippen molar-refractivity contribution in [3.63, 3.8) is 0 Å². The number of aromatic amines is 1. The number of pyridine rings is 1. The lowest BCUT2D eigenvalue weighted by Crippen LogP contribution is -2.31. The maximum Gasteiger partial charge on any atom is 0.143 e. The fraction of sp³-hybridized carbons (Fsp3) is 0.316. The van der Waals surface area contributed by atoms with E-state index in [1.54, 1.807) is 12.3 Å². The van der Waals surface area contributed by atoms with Crippen molar-refractivity contribution in [2.45, 2.75) is 39.4 Å². The standard InChI is InChI=1S/C19H19ClFN3O/c1-10-7-22-15-5-14(21)13(20)4-11(15)18(10)24-16-8-23-17-9-25-19(2,3)6-12(16)17/h4-5,7-8,23H,6,9H2,1-3H3,(H,22,24). The summed E-state index contributed by atoms with van der Waals surface area (Å²) in [6.07, 6.45) is 4.50. The monoisotopic (exact) mass is 359 g/mol. The van der Waals surface area contributed by atoms with Crippen molar-refractivity contribution in [2.24, 2.45) is 0 Å². The molecule has 1 aliphatic rings. The first-order valence-corrected chi connectivity index (χ1v) is 8.56. The number of ether oxygens (including phenoxy) is 1. The van der Waals surface area contributed by atoms with Gasteiger partial charge in [-0.25, -0.2) is 4.39 Å². The van der Waals surface area contributed by atoms with Crippen molar-refractivity contribution in [1.82, 2.24) is 9.97 Å². The topological polar surface area (TPSA) is 49.9 Å². The third-order valence-corrected chi connectivity index (χ3v) is 4.94. The average Bonchev–Trinajstić information content (AvgIpc) is 2.93. The molecule has 4 rings (SSSR count). The van der Waals surface area contributed by atoms with Gasteiger partial charge in [-0.3, -0.25) is 4.98 Å². The SMILES string of the molecule is Cc1cnc2cc(F)c(Cl)cc2c1Nc1c[nH]c2c1CC(C)(C)OC2. The van der Waals surface area contributed by atoms with Gasteiger partial charge in [0, 0.05) is 41.5 Å². The molecule has 0 saturated carbocycles. The smallest absolute Gasteiger partial charge is 0.143 e. The third-order valence-electron chi connectivity index (χ3n) is 4.65. The third kappa shape index (κ3) is 2.87. The molecule has 0 bridgehead atoms. The van der Waals surface area contributed by atoms with E-state index in [2.05, 4.69) is 29.1 Å². The fourth-order valence-corrected chi connectivity index (χ4v) is 3.43. The lowest BCUT2D eigenvalue weighted by Gasteiger charge is -2.30. The van der Waals surface area contributed by atoms with Crippen molar-refractivity contribution in [2.75, 3.05) is 5.32 Å². The molecule has 0 unspecified atom stereocenters. The minimum Gasteiger partial charge on any atom is -0.369 e. The largest absolute Gasteiger partial charge is 0.369 e. The number of hydrogen-bond donors (Lipinski definition) is 2. The summed E-state index contributed by atoms with van der Waals surface area (Å²) < 4.78 is 19.6. The van der Waals surface area contributed by atoms with Gasteiger partial charge in [0.2, 0.25) is 0 Å². The Morgan fingerprint density at radius 2 is 2.16 bits per heavy atom. The zero-order valence-electron chi connectivity index (χ0n) is 14.3. The second-order valence-corrected chi connectivity index (χ2v) is 7.52. The number of H-pyrrole nitrogens is 1. The number of rotatable bonds is 2. The summed E-state index contributed by atoms with van der Waals surface area (Å²) in [5, 5.41) is 4.39. The van der Waals surface area contributed by atoms with Crippen LogP contribution in [-0.4, -0.2) is 15.6 Å². The number of benzene rings is 1. The molecular formula is C19H19ClFN3O. The van der Waals surface area contributed by atoms with Crippen LogP contribution in [0.4, 0.5) is 15.8 Å². The maximum absolute atomic E-state index is 13.8. The van der Waals surface area contributed by atoms with Crippen molar-refractivity contribution in [1.29, 1.82) is 0 Å². The lowest BCUT2D eigenvalue weighted by molar-refractivity contribution is -0.0412. The van der Waals surface area contributed by atoms with Gasteiger partial charge in [-0.2, -0.15) is 0 Å². The average molecular weight is 360 g/mol.